The van der Waals surface area contributed by atoms with Crippen LogP contribution in [0.4, 0.5) is 5.82 Å². The molecule has 0 aliphatic rings. The molecule has 140 valence electrons. The van der Waals surface area contributed by atoms with Crippen LogP contribution in [-0.2, 0) is 16.4 Å². The third-order valence-electron chi connectivity index (χ3n) is 3.80. The Bertz CT molecular complexity index is 1090. The molecule has 3 rings (SSSR count). The minimum absolute atomic E-state index is 0.0711. The predicted octanol–water partition coefficient (Wildman–Crippen LogP) is 3.89. The van der Waals surface area contributed by atoms with E-state index in [0.717, 1.165) is 11.8 Å². The third kappa shape index (κ3) is 4.68. The van der Waals surface area contributed by atoms with Crippen molar-refractivity contribution >= 4 is 44.8 Å². The number of carbonyl (C=O) groups excluding carboxylic acids is 1. The van der Waals surface area contributed by atoms with Crippen LogP contribution in [0.3, 0.4) is 0 Å². The van der Waals surface area contributed by atoms with Gasteiger partial charge in [-0.2, -0.15) is 5.10 Å². The van der Waals surface area contributed by atoms with Crippen LogP contribution in [0, 0.1) is 0 Å². The van der Waals surface area contributed by atoms with Gasteiger partial charge in [0.25, 0.3) is 5.91 Å². The van der Waals surface area contributed by atoms with E-state index in [2.05, 4.69) is 10.4 Å². The first kappa shape index (κ1) is 19.4. The maximum absolute atomic E-state index is 12.5. The van der Waals surface area contributed by atoms with Gasteiger partial charge in [0.15, 0.2) is 9.84 Å². The summed E-state index contributed by atoms with van der Waals surface area (Å²) in [6, 6.07) is 13.1. The van der Waals surface area contributed by atoms with Crippen LogP contribution in [0.15, 0.2) is 59.6 Å². The molecule has 1 N–H and O–H groups in total. The van der Waals surface area contributed by atoms with Crippen molar-refractivity contribution in [2.75, 3.05) is 11.6 Å². The minimum Gasteiger partial charge on any atom is -0.307 e. The number of rotatable bonds is 5. The van der Waals surface area contributed by atoms with E-state index >= 15 is 0 Å². The van der Waals surface area contributed by atoms with Crippen molar-refractivity contribution in [2.45, 2.75) is 11.4 Å². The molecule has 0 saturated carbocycles. The summed E-state index contributed by atoms with van der Waals surface area (Å²) in [4.78, 5) is 12.5. The number of sulfone groups is 1. The fraction of sp³-hybridized carbons (Fsp3) is 0.111. The molecule has 0 bridgehead atoms. The number of hydrogen-bond donors (Lipinski definition) is 1. The van der Waals surface area contributed by atoms with E-state index in [1.54, 1.807) is 29.1 Å². The lowest BCUT2D eigenvalue weighted by Gasteiger charge is -2.10. The third-order valence-corrected chi connectivity index (χ3v) is 5.63. The van der Waals surface area contributed by atoms with E-state index < -0.39 is 15.7 Å². The lowest BCUT2D eigenvalue weighted by molar-refractivity contribution is 0.102. The first-order chi connectivity index (χ1) is 12.7. The maximum atomic E-state index is 12.5. The minimum atomic E-state index is -3.54. The molecule has 0 fully saturated rings. The summed E-state index contributed by atoms with van der Waals surface area (Å²) in [6.45, 7) is 0.439. The van der Waals surface area contributed by atoms with E-state index in [9.17, 15) is 13.2 Å². The molecule has 1 amide bonds. The van der Waals surface area contributed by atoms with Crippen LogP contribution in [-0.4, -0.2) is 30.4 Å². The summed E-state index contributed by atoms with van der Waals surface area (Å²) >= 11 is 11.8. The fourth-order valence-electron chi connectivity index (χ4n) is 2.44. The summed E-state index contributed by atoms with van der Waals surface area (Å²) in [5.41, 5.74) is 1.14. The number of amides is 1. The molecule has 3 aromatic rings. The largest absolute Gasteiger partial charge is 0.307 e. The first-order valence-corrected chi connectivity index (χ1v) is 10.5. The number of anilines is 1. The summed E-state index contributed by atoms with van der Waals surface area (Å²) in [6.07, 6.45) is 2.60. The van der Waals surface area contributed by atoms with Gasteiger partial charge < -0.3 is 5.32 Å². The van der Waals surface area contributed by atoms with Crippen LogP contribution < -0.4 is 5.32 Å². The molecule has 6 nitrogen and oxygen atoms in total. The van der Waals surface area contributed by atoms with Gasteiger partial charge in [-0.15, -0.1) is 0 Å². The molecule has 0 unspecified atom stereocenters. The van der Waals surface area contributed by atoms with E-state index in [-0.39, 0.29) is 15.5 Å². The zero-order valence-corrected chi connectivity index (χ0v) is 16.5. The van der Waals surface area contributed by atoms with Crippen molar-refractivity contribution in [1.29, 1.82) is 0 Å². The average Bonchev–Trinajstić information content (AvgIpc) is 3.03. The highest BCUT2D eigenvalue weighted by molar-refractivity contribution is 7.90. The highest BCUT2D eigenvalue weighted by Crippen LogP contribution is 2.23. The number of nitrogens with zero attached hydrogens (tertiary/aromatic N) is 2. The summed E-state index contributed by atoms with van der Waals surface area (Å²) in [5.74, 6) is 0.0141. The number of benzene rings is 2. The van der Waals surface area contributed by atoms with Crippen molar-refractivity contribution in [2.24, 2.45) is 0 Å². The van der Waals surface area contributed by atoms with Crippen LogP contribution in [0.1, 0.15) is 15.9 Å². The van der Waals surface area contributed by atoms with Crippen LogP contribution >= 0.6 is 23.2 Å². The average molecular weight is 424 g/mol. The van der Waals surface area contributed by atoms with Gasteiger partial charge in [0.05, 0.1) is 22.7 Å². The molecule has 27 heavy (non-hydrogen) atoms. The van der Waals surface area contributed by atoms with Crippen molar-refractivity contribution in [3.63, 3.8) is 0 Å². The second-order valence-corrected chi connectivity index (χ2v) is 8.70. The molecular formula is C18H15Cl2N3O3S. The second-order valence-electron chi connectivity index (χ2n) is 5.87. The van der Waals surface area contributed by atoms with Crippen LogP contribution in [0.5, 0.6) is 0 Å². The Kier molecular flexibility index (Phi) is 5.55. The number of nitrogens with one attached hydrogen (secondary N) is 1. The Morgan fingerprint density at radius 1 is 1.11 bits per heavy atom. The van der Waals surface area contributed by atoms with Gasteiger partial charge in [0.1, 0.15) is 5.82 Å². The van der Waals surface area contributed by atoms with Gasteiger partial charge in [-0.25, -0.2) is 13.1 Å². The van der Waals surface area contributed by atoms with Crippen molar-refractivity contribution < 1.29 is 13.2 Å². The Labute approximate surface area is 166 Å². The Morgan fingerprint density at radius 2 is 1.81 bits per heavy atom. The molecule has 0 aliphatic heterocycles. The van der Waals surface area contributed by atoms with Gasteiger partial charge >= 0.3 is 0 Å². The van der Waals surface area contributed by atoms with E-state index in [1.807, 2.05) is 12.1 Å². The van der Waals surface area contributed by atoms with Gasteiger partial charge in [0.2, 0.25) is 0 Å². The van der Waals surface area contributed by atoms with Gasteiger partial charge in [-0.05, 0) is 35.9 Å². The fourth-order valence-corrected chi connectivity index (χ4v) is 3.87. The molecule has 0 radical (unpaired) electrons. The second kappa shape index (κ2) is 7.72. The van der Waals surface area contributed by atoms with E-state index in [0.29, 0.717) is 17.4 Å². The maximum Gasteiger partial charge on any atom is 0.256 e. The van der Waals surface area contributed by atoms with E-state index in [1.165, 1.54) is 18.2 Å². The highest BCUT2D eigenvalue weighted by Gasteiger charge is 2.17. The summed E-state index contributed by atoms with van der Waals surface area (Å²) < 4.78 is 25.2. The summed E-state index contributed by atoms with van der Waals surface area (Å²) in [5, 5.41) is 7.65. The molecule has 0 saturated heterocycles. The molecule has 2 aromatic carbocycles. The van der Waals surface area contributed by atoms with Gasteiger partial charge in [0, 0.05) is 22.9 Å². The van der Waals surface area contributed by atoms with Crippen LogP contribution in [0.2, 0.25) is 10.0 Å². The Morgan fingerprint density at radius 3 is 2.48 bits per heavy atom. The molecule has 1 aromatic heterocycles. The number of halogens is 2. The molecule has 0 aliphatic carbocycles. The Hall–Kier alpha value is -2.35. The van der Waals surface area contributed by atoms with Gasteiger partial charge in [-0.1, -0.05) is 35.3 Å². The molecule has 9 heteroatoms. The predicted molar refractivity (Wildman–Crippen MR) is 105 cm³/mol. The molecular weight excluding hydrogens is 409 g/mol. The van der Waals surface area contributed by atoms with Crippen LogP contribution in [0.25, 0.3) is 0 Å². The monoisotopic (exact) mass is 423 g/mol. The molecule has 0 spiro atoms. The normalized spacial score (nSPS) is 11.4. The zero-order chi connectivity index (χ0) is 19.6. The SMILES string of the molecule is CS(=O)(=O)c1cc(C(=O)Nc2ccnn2Cc2ccc(Cl)cc2)ccc1Cl. The van der Waals surface area contributed by atoms with Crippen molar-refractivity contribution in [1.82, 2.24) is 9.78 Å². The topological polar surface area (TPSA) is 81.1 Å². The lowest BCUT2D eigenvalue weighted by Crippen LogP contribution is -2.16. The Balaban J connectivity index is 1.81. The molecule has 1 heterocycles. The highest BCUT2D eigenvalue weighted by atomic mass is 35.5. The smallest absolute Gasteiger partial charge is 0.256 e. The zero-order valence-electron chi connectivity index (χ0n) is 14.2. The summed E-state index contributed by atoms with van der Waals surface area (Å²) in [7, 11) is -3.54. The quantitative estimate of drug-likeness (QED) is 0.674. The molecule has 0 atom stereocenters. The lowest BCUT2D eigenvalue weighted by atomic mass is 10.2. The number of carbonyl (C=O) groups is 1. The number of hydrogen-bond acceptors (Lipinski definition) is 4. The van der Waals surface area contributed by atoms with E-state index in [4.69, 9.17) is 23.2 Å². The number of aromatic nitrogens is 2. The van der Waals surface area contributed by atoms with Crippen molar-refractivity contribution in [3.05, 3.63) is 75.9 Å². The van der Waals surface area contributed by atoms with Crippen molar-refractivity contribution in [3.8, 4) is 0 Å². The van der Waals surface area contributed by atoms with Gasteiger partial charge in [-0.3, -0.25) is 4.79 Å². The first-order valence-electron chi connectivity index (χ1n) is 7.81. The standard InChI is InChI=1S/C18H15Cl2N3O3S/c1-27(25,26)16-10-13(4-7-15(16)20)18(24)22-17-8-9-21-23(17)11-12-2-5-14(19)6-3-12/h2-10H,11H2,1H3,(H,22,24).